The van der Waals surface area contributed by atoms with Gasteiger partial charge in [-0.05, 0) is 31.7 Å². The summed E-state index contributed by atoms with van der Waals surface area (Å²) in [6, 6.07) is -0.0958. The monoisotopic (exact) mass is 291 g/mol. The molecule has 2 unspecified atom stereocenters. The molecule has 0 radical (unpaired) electrons. The molecule has 7 heteroatoms. The van der Waals surface area contributed by atoms with Gasteiger partial charge in [0.2, 0.25) is 15.9 Å². The highest BCUT2D eigenvalue weighted by atomic mass is 32.2. The third-order valence-corrected chi connectivity index (χ3v) is 4.15. The molecule has 6 nitrogen and oxygen atoms in total. The van der Waals surface area contributed by atoms with Gasteiger partial charge in [-0.2, -0.15) is 0 Å². The summed E-state index contributed by atoms with van der Waals surface area (Å²) in [6.07, 6.45) is 4.87. The van der Waals surface area contributed by atoms with Gasteiger partial charge in [-0.3, -0.25) is 4.79 Å². The average molecular weight is 291 g/mol. The minimum absolute atomic E-state index is 0.0255. The molecule has 112 valence electrons. The number of amides is 1. The zero-order valence-corrected chi connectivity index (χ0v) is 12.6. The number of sulfonamides is 1. The minimum Gasteiger partial charge on any atom is -0.355 e. The van der Waals surface area contributed by atoms with Crippen LogP contribution in [-0.2, 0) is 14.8 Å². The molecule has 1 aliphatic heterocycles. The highest BCUT2D eigenvalue weighted by molar-refractivity contribution is 7.88. The lowest BCUT2D eigenvalue weighted by Crippen LogP contribution is -2.49. The highest BCUT2D eigenvalue weighted by Gasteiger charge is 2.25. The largest absolute Gasteiger partial charge is 0.355 e. The van der Waals surface area contributed by atoms with E-state index in [4.69, 9.17) is 0 Å². The Morgan fingerprint density at radius 3 is 2.74 bits per heavy atom. The molecule has 2 atom stereocenters. The number of nitrogens with one attached hydrogen (secondary N) is 3. The van der Waals surface area contributed by atoms with Gasteiger partial charge in [0.25, 0.3) is 0 Å². The molecular formula is C12H25N3O3S. The molecule has 19 heavy (non-hydrogen) atoms. The zero-order chi connectivity index (χ0) is 14.3. The Morgan fingerprint density at radius 2 is 2.11 bits per heavy atom. The van der Waals surface area contributed by atoms with Crippen molar-refractivity contribution in [3.8, 4) is 0 Å². The lowest BCUT2D eigenvalue weighted by molar-refractivity contribution is -0.124. The van der Waals surface area contributed by atoms with Crippen LogP contribution in [0.1, 0.15) is 32.6 Å². The Balaban J connectivity index is 2.17. The Hall–Kier alpha value is -0.660. The van der Waals surface area contributed by atoms with Crippen molar-refractivity contribution in [2.45, 2.75) is 38.6 Å². The summed E-state index contributed by atoms with van der Waals surface area (Å²) in [6.45, 7) is 3.90. The van der Waals surface area contributed by atoms with Gasteiger partial charge in [0.15, 0.2) is 0 Å². The predicted octanol–water partition coefficient (Wildman–Crippen LogP) is -0.180. The van der Waals surface area contributed by atoms with E-state index in [2.05, 4.69) is 22.3 Å². The first-order chi connectivity index (χ1) is 8.92. The van der Waals surface area contributed by atoms with E-state index >= 15 is 0 Å². The summed E-state index contributed by atoms with van der Waals surface area (Å²) in [7, 11) is -3.13. The maximum Gasteiger partial charge on any atom is 0.237 e. The molecule has 0 aromatic rings. The number of rotatable bonds is 7. The van der Waals surface area contributed by atoms with E-state index in [9.17, 15) is 13.2 Å². The van der Waals surface area contributed by atoms with Crippen molar-refractivity contribution in [2.24, 2.45) is 5.92 Å². The summed E-state index contributed by atoms with van der Waals surface area (Å²) in [5, 5.41) is 6.07. The van der Waals surface area contributed by atoms with Crippen LogP contribution in [0.2, 0.25) is 0 Å². The number of hydrogen-bond donors (Lipinski definition) is 3. The van der Waals surface area contributed by atoms with Crippen molar-refractivity contribution in [1.29, 1.82) is 0 Å². The van der Waals surface area contributed by atoms with Crippen molar-refractivity contribution in [2.75, 3.05) is 25.9 Å². The van der Waals surface area contributed by atoms with Crippen LogP contribution in [0.15, 0.2) is 0 Å². The molecule has 0 bridgehead atoms. The topological polar surface area (TPSA) is 87.3 Å². The van der Waals surface area contributed by atoms with Crippen LogP contribution in [0, 0.1) is 5.92 Å². The molecule has 1 aliphatic rings. The van der Waals surface area contributed by atoms with Crippen molar-refractivity contribution < 1.29 is 13.2 Å². The van der Waals surface area contributed by atoms with Gasteiger partial charge in [-0.25, -0.2) is 13.1 Å². The van der Waals surface area contributed by atoms with E-state index < -0.39 is 10.0 Å². The number of piperidine rings is 1. The fourth-order valence-corrected chi connectivity index (χ4v) is 2.76. The summed E-state index contributed by atoms with van der Waals surface area (Å²) in [4.78, 5) is 11.9. The molecule has 0 aromatic carbocycles. The van der Waals surface area contributed by atoms with E-state index in [1.165, 1.54) is 0 Å². The Labute approximate surface area is 115 Å². The molecule has 0 aromatic heterocycles. The number of carbonyl (C=O) groups excluding carboxylic acids is 1. The fourth-order valence-electron chi connectivity index (χ4n) is 2.25. The number of carbonyl (C=O) groups is 1. The predicted molar refractivity (Wildman–Crippen MR) is 75.3 cm³/mol. The van der Waals surface area contributed by atoms with Crippen LogP contribution in [0.5, 0.6) is 0 Å². The second kappa shape index (κ2) is 7.81. The molecular weight excluding hydrogens is 266 g/mol. The molecule has 1 heterocycles. The summed E-state index contributed by atoms with van der Waals surface area (Å²) in [5.41, 5.74) is 0. The zero-order valence-electron chi connectivity index (χ0n) is 11.7. The normalized spacial score (nSPS) is 24.1. The third-order valence-electron chi connectivity index (χ3n) is 3.42. The van der Waals surface area contributed by atoms with Crippen LogP contribution in [-0.4, -0.2) is 46.3 Å². The highest BCUT2D eigenvalue weighted by Crippen LogP contribution is 2.19. The second-order valence-electron chi connectivity index (χ2n) is 5.12. The van der Waals surface area contributed by atoms with E-state index in [1.54, 1.807) is 0 Å². The van der Waals surface area contributed by atoms with Crippen LogP contribution in [0.4, 0.5) is 0 Å². The van der Waals surface area contributed by atoms with E-state index in [1.807, 2.05) is 0 Å². The van der Waals surface area contributed by atoms with Crippen LogP contribution in [0.3, 0.4) is 0 Å². The molecule has 0 aliphatic carbocycles. The standard InChI is InChI=1S/C12H25N3O3S/c1-3-10-5-8-13-11(9-10)12(16)14-6-4-7-15-19(2,17)18/h10-11,13,15H,3-9H2,1-2H3,(H,14,16). The first-order valence-corrected chi connectivity index (χ1v) is 8.77. The molecule has 0 spiro atoms. The maximum atomic E-state index is 11.9. The van der Waals surface area contributed by atoms with Crippen molar-refractivity contribution >= 4 is 15.9 Å². The second-order valence-corrected chi connectivity index (χ2v) is 6.95. The molecule has 0 saturated carbocycles. The van der Waals surface area contributed by atoms with E-state index in [0.717, 1.165) is 32.1 Å². The van der Waals surface area contributed by atoms with Crippen LogP contribution >= 0.6 is 0 Å². The summed E-state index contributed by atoms with van der Waals surface area (Å²) in [5.74, 6) is 0.654. The molecule has 3 N–H and O–H groups in total. The van der Waals surface area contributed by atoms with Gasteiger partial charge < -0.3 is 10.6 Å². The lowest BCUT2D eigenvalue weighted by Gasteiger charge is -2.28. The van der Waals surface area contributed by atoms with E-state index in [-0.39, 0.29) is 11.9 Å². The van der Waals surface area contributed by atoms with Gasteiger partial charge in [0.05, 0.1) is 12.3 Å². The Kier molecular flexibility index (Phi) is 6.74. The van der Waals surface area contributed by atoms with E-state index in [0.29, 0.717) is 25.4 Å². The van der Waals surface area contributed by atoms with Gasteiger partial charge in [-0.1, -0.05) is 13.3 Å². The van der Waals surface area contributed by atoms with Crippen molar-refractivity contribution in [3.63, 3.8) is 0 Å². The summed E-state index contributed by atoms with van der Waals surface area (Å²) >= 11 is 0. The van der Waals surface area contributed by atoms with Crippen molar-refractivity contribution in [3.05, 3.63) is 0 Å². The Bertz CT molecular complexity index is 384. The summed E-state index contributed by atoms with van der Waals surface area (Å²) < 4.78 is 24.1. The van der Waals surface area contributed by atoms with Gasteiger partial charge in [-0.15, -0.1) is 0 Å². The molecule has 1 rings (SSSR count). The molecule has 1 fully saturated rings. The first-order valence-electron chi connectivity index (χ1n) is 6.88. The van der Waals surface area contributed by atoms with Crippen LogP contribution < -0.4 is 15.4 Å². The maximum absolute atomic E-state index is 11.9. The minimum atomic E-state index is -3.13. The average Bonchev–Trinajstić information content (AvgIpc) is 2.37. The SMILES string of the molecule is CCC1CCNC(C(=O)NCCCNS(C)(=O)=O)C1. The van der Waals surface area contributed by atoms with Crippen molar-refractivity contribution in [1.82, 2.24) is 15.4 Å². The third kappa shape index (κ3) is 6.89. The smallest absolute Gasteiger partial charge is 0.237 e. The van der Waals surface area contributed by atoms with Gasteiger partial charge >= 0.3 is 0 Å². The van der Waals surface area contributed by atoms with Gasteiger partial charge in [0.1, 0.15) is 0 Å². The quantitative estimate of drug-likeness (QED) is 0.568. The van der Waals surface area contributed by atoms with Gasteiger partial charge in [0, 0.05) is 13.1 Å². The first kappa shape index (κ1) is 16.4. The fraction of sp³-hybridized carbons (Fsp3) is 0.917. The Morgan fingerprint density at radius 1 is 1.37 bits per heavy atom. The molecule has 1 amide bonds. The van der Waals surface area contributed by atoms with Crippen LogP contribution in [0.25, 0.3) is 0 Å². The number of hydrogen-bond acceptors (Lipinski definition) is 4. The lowest BCUT2D eigenvalue weighted by atomic mass is 9.90. The molecule has 1 saturated heterocycles.